The van der Waals surface area contributed by atoms with E-state index in [4.69, 9.17) is 22.5 Å². The molecule has 2 atom stereocenters. The monoisotopic (exact) mass is 787 g/mol. The molecule has 56 heavy (non-hydrogen) atoms. The van der Waals surface area contributed by atoms with Crippen LogP contribution >= 0.6 is 0 Å². The van der Waals surface area contributed by atoms with Crippen LogP contribution in [0.15, 0.2) is 93.8 Å². The van der Waals surface area contributed by atoms with E-state index >= 15 is 0 Å². The third kappa shape index (κ3) is 12.3. The molecule has 0 radical (unpaired) electrons. The summed E-state index contributed by atoms with van der Waals surface area (Å²) in [5.74, 6) is 1.61. The van der Waals surface area contributed by atoms with Gasteiger partial charge in [-0.1, -0.05) is 48.5 Å². The smallest absolute Gasteiger partial charge is 0.410 e. The van der Waals surface area contributed by atoms with E-state index < -0.39 is 33.7 Å². The molecule has 1 aliphatic heterocycles. The first-order chi connectivity index (χ1) is 26.5. The molecule has 3 heterocycles. The highest BCUT2D eigenvalue weighted by atomic mass is 32.2. The third-order valence-corrected chi connectivity index (χ3v) is 9.50. The van der Waals surface area contributed by atoms with Crippen molar-refractivity contribution < 1.29 is 45.6 Å². The maximum Gasteiger partial charge on any atom is 0.410 e. The summed E-state index contributed by atoms with van der Waals surface area (Å²) in [5.41, 5.74) is 3.78. The van der Waals surface area contributed by atoms with Crippen LogP contribution in [0.25, 0.3) is 22.9 Å². The Morgan fingerprint density at radius 3 is 1.80 bits per heavy atom. The summed E-state index contributed by atoms with van der Waals surface area (Å²) in [6.45, 7) is 10.1. The molecule has 0 spiro atoms. The van der Waals surface area contributed by atoms with Crippen molar-refractivity contribution in [2.24, 2.45) is 11.8 Å². The lowest BCUT2D eigenvalue weighted by molar-refractivity contribution is -0.142. The van der Waals surface area contributed by atoms with Crippen molar-refractivity contribution in [2.75, 3.05) is 32.6 Å². The number of aliphatic carboxylic acids is 1. The summed E-state index contributed by atoms with van der Waals surface area (Å²) in [6.07, 6.45) is 2.13. The summed E-state index contributed by atoms with van der Waals surface area (Å²) in [5, 5.41) is 9.70. The number of carbonyl (C=O) groups excluding carboxylic acids is 1. The standard InChI is InChI=1S/C29H34N2O6.C13H15NO4S/c1-19-25(30-26(36-19)21-8-6-5-7-9-21)14-15-35-23-12-10-20(11-13-23)16-22-17-31(18-24(22)27(32)33)28(34)37-29(2,3)4;1-10-12(8-9-17-19(2,15)16)14-13(18-10)11-6-4-3-5-7-11/h5-13,22,24H,14-18H2,1-4H3,(H,32,33);3-7H,8-9H2,1-2H3/t22-,24+;/m1./s1. The van der Waals surface area contributed by atoms with E-state index in [0.29, 0.717) is 55.6 Å². The Morgan fingerprint density at radius 2 is 1.32 bits per heavy atom. The van der Waals surface area contributed by atoms with Crippen molar-refractivity contribution in [1.29, 1.82) is 0 Å². The summed E-state index contributed by atoms with van der Waals surface area (Å²) < 4.78 is 49.2. The molecule has 0 aliphatic carbocycles. The first-order valence-corrected chi connectivity index (χ1v) is 20.2. The minimum absolute atomic E-state index is 0.0699. The number of hydrogen-bond acceptors (Lipinski definition) is 11. The van der Waals surface area contributed by atoms with E-state index in [9.17, 15) is 23.1 Å². The average molecular weight is 788 g/mol. The highest BCUT2D eigenvalue weighted by molar-refractivity contribution is 7.85. The molecule has 1 saturated heterocycles. The van der Waals surface area contributed by atoms with Crippen LogP contribution in [0.3, 0.4) is 0 Å². The number of carbonyl (C=O) groups is 2. The third-order valence-electron chi connectivity index (χ3n) is 8.90. The van der Waals surface area contributed by atoms with Crippen molar-refractivity contribution in [3.63, 3.8) is 0 Å². The minimum atomic E-state index is -3.41. The topological polar surface area (TPSA) is 171 Å². The zero-order chi connectivity index (χ0) is 40.5. The van der Waals surface area contributed by atoms with Crippen LogP contribution in [0.4, 0.5) is 4.79 Å². The predicted molar refractivity (Wildman–Crippen MR) is 210 cm³/mol. The molecular weight excluding hydrogens is 739 g/mol. The van der Waals surface area contributed by atoms with Gasteiger partial charge in [-0.3, -0.25) is 8.98 Å². The molecule has 0 unspecified atom stereocenters. The first-order valence-electron chi connectivity index (χ1n) is 18.3. The van der Waals surface area contributed by atoms with E-state index in [0.717, 1.165) is 40.1 Å². The Labute approximate surface area is 327 Å². The van der Waals surface area contributed by atoms with Crippen LogP contribution in [0.1, 0.15) is 49.2 Å². The van der Waals surface area contributed by atoms with E-state index in [1.807, 2.05) is 91.9 Å². The number of ether oxygens (including phenoxy) is 2. The molecule has 14 heteroatoms. The number of carboxylic acid groups (broad SMARTS) is 1. The number of nitrogens with zero attached hydrogens (tertiary/aromatic N) is 3. The lowest BCUT2D eigenvalue weighted by Crippen LogP contribution is -2.36. The van der Waals surface area contributed by atoms with Crippen LogP contribution in [0, 0.1) is 25.7 Å². The van der Waals surface area contributed by atoms with Gasteiger partial charge in [0.1, 0.15) is 22.9 Å². The van der Waals surface area contributed by atoms with Gasteiger partial charge in [0, 0.05) is 37.1 Å². The fraction of sp³-hybridized carbons (Fsp3) is 0.381. The van der Waals surface area contributed by atoms with Gasteiger partial charge in [-0.2, -0.15) is 8.42 Å². The van der Waals surface area contributed by atoms with E-state index in [1.54, 1.807) is 27.7 Å². The largest absolute Gasteiger partial charge is 0.493 e. The summed E-state index contributed by atoms with van der Waals surface area (Å²) >= 11 is 0. The molecule has 6 rings (SSSR count). The maximum atomic E-state index is 12.5. The normalized spacial score (nSPS) is 15.6. The van der Waals surface area contributed by atoms with Crippen molar-refractivity contribution >= 4 is 22.2 Å². The van der Waals surface area contributed by atoms with Crippen LogP contribution in [-0.2, 0) is 43.1 Å². The van der Waals surface area contributed by atoms with E-state index in [1.165, 1.54) is 4.90 Å². The van der Waals surface area contributed by atoms with Crippen LogP contribution in [-0.4, -0.2) is 78.6 Å². The van der Waals surface area contributed by atoms with Gasteiger partial charge in [0.15, 0.2) is 0 Å². The average Bonchev–Trinajstić information content (AvgIpc) is 3.85. The number of aromatic nitrogens is 2. The fourth-order valence-electron chi connectivity index (χ4n) is 6.14. The van der Waals surface area contributed by atoms with Gasteiger partial charge in [0.2, 0.25) is 11.8 Å². The minimum Gasteiger partial charge on any atom is -0.493 e. The molecule has 1 fully saturated rings. The van der Waals surface area contributed by atoms with Gasteiger partial charge in [-0.15, -0.1) is 0 Å². The van der Waals surface area contributed by atoms with Gasteiger partial charge >= 0.3 is 12.1 Å². The van der Waals surface area contributed by atoms with Crippen molar-refractivity contribution in [2.45, 2.75) is 59.5 Å². The number of likely N-dealkylation sites (tertiary alicyclic amines) is 1. The molecule has 0 saturated carbocycles. The molecule has 5 aromatic rings. The van der Waals surface area contributed by atoms with Crippen molar-refractivity contribution in [1.82, 2.24) is 14.9 Å². The zero-order valence-electron chi connectivity index (χ0n) is 32.6. The summed E-state index contributed by atoms with van der Waals surface area (Å²) in [6, 6.07) is 27.0. The molecule has 1 amide bonds. The molecule has 13 nitrogen and oxygen atoms in total. The lowest BCUT2D eigenvalue weighted by atomic mass is 9.90. The Morgan fingerprint density at radius 1 is 0.804 bits per heavy atom. The number of rotatable bonds is 13. The quantitative estimate of drug-likeness (QED) is 0.116. The van der Waals surface area contributed by atoms with E-state index in [2.05, 4.69) is 9.97 Å². The number of carboxylic acids is 1. The van der Waals surface area contributed by atoms with Gasteiger partial charge in [-0.25, -0.2) is 14.8 Å². The zero-order valence-corrected chi connectivity index (χ0v) is 33.4. The fourth-order valence-corrected chi connectivity index (χ4v) is 6.53. The van der Waals surface area contributed by atoms with Gasteiger partial charge in [0.05, 0.1) is 36.8 Å². The lowest BCUT2D eigenvalue weighted by Gasteiger charge is -2.24. The molecule has 298 valence electrons. The predicted octanol–water partition coefficient (Wildman–Crippen LogP) is 7.55. The highest BCUT2D eigenvalue weighted by Gasteiger charge is 2.41. The number of benzene rings is 3. The molecule has 1 aliphatic rings. The molecule has 3 aromatic carbocycles. The second-order valence-corrected chi connectivity index (χ2v) is 16.2. The number of amides is 1. The van der Waals surface area contributed by atoms with Gasteiger partial charge < -0.3 is 28.3 Å². The van der Waals surface area contributed by atoms with Gasteiger partial charge in [0.25, 0.3) is 10.1 Å². The molecule has 1 N–H and O–H groups in total. The summed E-state index contributed by atoms with van der Waals surface area (Å²) in [4.78, 5) is 34.8. The van der Waals surface area contributed by atoms with Crippen molar-refractivity contribution in [3.05, 3.63) is 113 Å². The number of oxazole rings is 2. The summed E-state index contributed by atoms with van der Waals surface area (Å²) in [7, 11) is -3.41. The Hall–Kier alpha value is -5.47. The SMILES string of the molecule is Cc1oc(-c2ccccc2)nc1CCOS(C)(=O)=O.Cc1oc(-c2ccccc2)nc1CCOc1ccc(C[C@@H]2CN(C(=O)OC(C)(C)C)C[C@@H]2C(=O)O)cc1. The first kappa shape index (κ1) is 41.7. The molecule has 0 bridgehead atoms. The molecular formula is C42H49N3O10S. The van der Waals surface area contributed by atoms with Crippen LogP contribution < -0.4 is 4.74 Å². The van der Waals surface area contributed by atoms with Crippen LogP contribution in [0.5, 0.6) is 5.75 Å². The number of hydrogen-bond donors (Lipinski definition) is 1. The second kappa shape index (κ2) is 18.4. The van der Waals surface area contributed by atoms with Crippen LogP contribution in [0.2, 0.25) is 0 Å². The number of aryl methyl sites for hydroxylation is 2. The Kier molecular flexibility index (Phi) is 13.7. The Balaban J connectivity index is 0.000000265. The van der Waals surface area contributed by atoms with Gasteiger partial charge in [-0.05, 0) is 88.9 Å². The molecule has 2 aromatic heterocycles. The highest BCUT2D eigenvalue weighted by Crippen LogP contribution is 2.30. The van der Waals surface area contributed by atoms with E-state index in [-0.39, 0.29) is 19.1 Å². The Bertz CT molecular complexity index is 2160. The second-order valence-electron chi connectivity index (χ2n) is 14.6. The maximum absolute atomic E-state index is 12.5. The van der Waals surface area contributed by atoms with Crippen molar-refractivity contribution in [3.8, 4) is 28.7 Å².